The number of nitrogens with zero attached hydrogens (tertiary/aromatic N) is 3. The molecule has 154 valence electrons. The Kier molecular flexibility index (Phi) is 5.36. The molecule has 10 heteroatoms. The monoisotopic (exact) mass is 408 g/mol. The van der Waals surface area contributed by atoms with Gasteiger partial charge in [-0.05, 0) is 26.0 Å². The predicted octanol–water partition coefficient (Wildman–Crippen LogP) is 3.71. The lowest BCUT2D eigenvalue weighted by Crippen LogP contribution is -2.30. The molecular formula is C19H19F3N4O3. The molecule has 29 heavy (non-hydrogen) atoms. The summed E-state index contributed by atoms with van der Waals surface area (Å²) in [6.45, 7) is 2.90. The number of nitrogens with one attached hydrogen (secondary N) is 1. The molecule has 0 saturated carbocycles. The summed E-state index contributed by atoms with van der Waals surface area (Å²) in [6, 6.07) is 7.44. The number of rotatable bonds is 5. The van der Waals surface area contributed by atoms with Crippen LogP contribution in [-0.4, -0.2) is 33.9 Å². The van der Waals surface area contributed by atoms with E-state index in [4.69, 9.17) is 9.47 Å². The fourth-order valence-corrected chi connectivity index (χ4v) is 2.89. The number of methoxy groups -OCH3 is 1. The highest BCUT2D eigenvalue weighted by Crippen LogP contribution is 2.37. The van der Waals surface area contributed by atoms with Crippen LogP contribution >= 0.6 is 0 Å². The van der Waals surface area contributed by atoms with Crippen molar-refractivity contribution in [1.82, 2.24) is 14.8 Å². The van der Waals surface area contributed by atoms with Crippen molar-refractivity contribution in [3.63, 3.8) is 0 Å². The first-order valence-corrected chi connectivity index (χ1v) is 8.63. The van der Waals surface area contributed by atoms with Crippen LogP contribution in [0, 0.1) is 6.92 Å². The topological polar surface area (TPSA) is 78.3 Å². The van der Waals surface area contributed by atoms with E-state index in [0.717, 1.165) is 6.07 Å². The second-order valence-corrected chi connectivity index (χ2v) is 6.39. The lowest BCUT2D eigenvalue weighted by atomic mass is 10.1. The van der Waals surface area contributed by atoms with Crippen molar-refractivity contribution in [3.8, 4) is 11.6 Å². The van der Waals surface area contributed by atoms with Gasteiger partial charge in [0.15, 0.2) is 11.8 Å². The number of aromatic nitrogens is 3. The highest BCUT2D eigenvalue weighted by Gasteiger charge is 2.36. The van der Waals surface area contributed by atoms with Crippen LogP contribution in [0.15, 0.2) is 30.3 Å². The minimum absolute atomic E-state index is 0.0210. The van der Waals surface area contributed by atoms with E-state index < -0.39 is 23.8 Å². The van der Waals surface area contributed by atoms with E-state index in [1.807, 2.05) is 0 Å². The molecule has 0 unspecified atom stereocenters. The summed E-state index contributed by atoms with van der Waals surface area (Å²) < 4.78 is 52.3. The number of hydrogen-bond donors (Lipinski definition) is 1. The largest absolute Gasteiger partial charge is 0.497 e. The number of alkyl halides is 3. The Morgan fingerprint density at radius 3 is 2.66 bits per heavy atom. The summed E-state index contributed by atoms with van der Waals surface area (Å²) in [6.07, 6.45) is -5.72. The van der Waals surface area contributed by atoms with Gasteiger partial charge in [0.2, 0.25) is 5.88 Å². The molecule has 2 heterocycles. The van der Waals surface area contributed by atoms with Crippen molar-refractivity contribution in [1.29, 1.82) is 0 Å². The van der Waals surface area contributed by atoms with Crippen LogP contribution in [0.2, 0.25) is 0 Å². The number of amides is 1. The molecule has 7 nitrogen and oxygen atoms in total. The quantitative estimate of drug-likeness (QED) is 0.696. The van der Waals surface area contributed by atoms with Gasteiger partial charge in [-0.1, -0.05) is 6.07 Å². The number of anilines is 1. The molecular weight excluding hydrogens is 389 g/mol. The van der Waals surface area contributed by atoms with Gasteiger partial charge in [-0.15, -0.1) is 0 Å². The van der Waals surface area contributed by atoms with Crippen LogP contribution in [0.3, 0.4) is 0 Å². The van der Waals surface area contributed by atoms with Gasteiger partial charge in [0, 0.05) is 24.9 Å². The average Bonchev–Trinajstić information content (AvgIpc) is 2.94. The number of carbonyl (C=O) groups excluding carboxylic acids is 1. The zero-order valence-corrected chi connectivity index (χ0v) is 16.2. The van der Waals surface area contributed by atoms with Crippen LogP contribution in [0.25, 0.3) is 11.0 Å². The van der Waals surface area contributed by atoms with E-state index in [0.29, 0.717) is 11.4 Å². The molecule has 1 aromatic carbocycles. The fourth-order valence-electron chi connectivity index (χ4n) is 2.89. The van der Waals surface area contributed by atoms with Gasteiger partial charge in [0.25, 0.3) is 5.91 Å². The van der Waals surface area contributed by atoms with Gasteiger partial charge in [-0.2, -0.15) is 23.3 Å². The minimum Gasteiger partial charge on any atom is -0.497 e. The first-order valence-electron chi connectivity index (χ1n) is 8.63. The second kappa shape index (κ2) is 7.61. The summed E-state index contributed by atoms with van der Waals surface area (Å²) in [5.41, 5.74) is -0.222. The van der Waals surface area contributed by atoms with E-state index in [9.17, 15) is 18.0 Å². The molecule has 1 amide bonds. The van der Waals surface area contributed by atoms with Crippen LogP contribution in [0.1, 0.15) is 18.2 Å². The third-order valence-electron chi connectivity index (χ3n) is 4.25. The smallest absolute Gasteiger partial charge is 0.417 e. The second-order valence-electron chi connectivity index (χ2n) is 6.39. The van der Waals surface area contributed by atoms with Gasteiger partial charge >= 0.3 is 6.18 Å². The molecule has 0 saturated heterocycles. The first-order chi connectivity index (χ1) is 13.6. The maximum atomic E-state index is 13.5. The van der Waals surface area contributed by atoms with Gasteiger partial charge in [-0.25, -0.2) is 0 Å². The van der Waals surface area contributed by atoms with Gasteiger partial charge in [-0.3, -0.25) is 9.48 Å². The molecule has 0 bridgehead atoms. The summed E-state index contributed by atoms with van der Waals surface area (Å²) in [5.74, 6) is -0.319. The van der Waals surface area contributed by atoms with Gasteiger partial charge in [0.05, 0.1) is 23.8 Å². The minimum atomic E-state index is -4.63. The standard InChI is InChI=1S/C19H19F3N4O3/c1-10-16-14(19(20,21)22)9-15(24-17(16)26(3)25-10)29-11(2)18(27)23-12-6-5-7-13(8-12)28-4/h5-9,11H,1-4H3,(H,23,27)/t11-/m0/s1. The molecule has 0 fully saturated rings. The van der Waals surface area contributed by atoms with Crippen molar-refractivity contribution in [2.24, 2.45) is 7.05 Å². The number of pyridine rings is 1. The third kappa shape index (κ3) is 4.25. The highest BCUT2D eigenvalue weighted by atomic mass is 19.4. The van der Waals surface area contributed by atoms with Crippen LogP contribution < -0.4 is 14.8 Å². The number of ether oxygens (including phenoxy) is 2. The Morgan fingerprint density at radius 1 is 1.28 bits per heavy atom. The van der Waals surface area contributed by atoms with E-state index >= 15 is 0 Å². The van der Waals surface area contributed by atoms with Gasteiger partial charge < -0.3 is 14.8 Å². The van der Waals surface area contributed by atoms with Crippen molar-refractivity contribution >= 4 is 22.6 Å². The zero-order valence-electron chi connectivity index (χ0n) is 16.2. The third-order valence-corrected chi connectivity index (χ3v) is 4.25. The Balaban J connectivity index is 1.87. The van der Waals surface area contributed by atoms with E-state index in [1.54, 1.807) is 24.3 Å². The Bertz CT molecular complexity index is 1060. The Morgan fingerprint density at radius 2 is 2.00 bits per heavy atom. The molecule has 0 spiro atoms. The Labute approximate surface area is 164 Å². The molecule has 3 rings (SSSR count). The molecule has 0 aliphatic rings. The molecule has 0 aliphatic carbocycles. The Hall–Kier alpha value is -3.30. The van der Waals surface area contributed by atoms with E-state index in [2.05, 4.69) is 15.4 Å². The first kappa shape index (κ1) is 20.4. The lowest BCUT2D eigenvalue weighted by molar-refractivity contribution is -0.136. The number of carbonyl (C=O) groups is 1. The summed E-state index contributed by atoms with van der Waals surface area (Å²) in [7, 11) is 2.98. The van der Waals surface area contributed by atoms with Crippen molar-refractivity contribution in [3.05, 3.63) is 41.6 Å². The van der Waals surface area contributed by atoms with E-state index in [-0.39, 0.29) is 22.6 Å². The average molecular weight is 408 g/mol. The summed E-state index contributed by atoms with van der Waals surface area (Å²) in [4.78, 5) is 16.5. The number of fused-ring (bicyclic) bond motifs is 1. The number of benzene rings is 1. The SMILES string of the molecule is COc1cccc(NC(=O)[C@H](C)Oc2cc(C(F)(F)F)c3c(C)nn(C)c3n2)c1. The zero-order chi connectivity index (χ0) is 21.3. The van der Waals surface area contributed by atoms with Crippen molar-refractivity contribution in [2.45, 2.75) is 26.1 Å². The maximum Gasteiger partial charge on any atom is 0.417 e. The summed E-state index contributed by atoms with van der Waals surface area (Å²) in [5, 5.41) is 6.53. The summed E-state index contributed by atoms with van der Waals surface area (Å²) >= 11 is 0. The van der Waals surface area contributed by atoms with Crippen LogP contribution in [-0.2, 0) is 18.0 Å². The maximum absolute atomic E-state index is 13.5. The molecule has 3 aromatic rings. The highest BCUT2D eigenvalue weighted by molar-refractivity contribution is 5.94. The number of hydrogen-bond acceptors (Lipinski definition) is 5. The number of halogens is 3. The number of aryl methyl sites for hydroxylation is 2. The van der Waals surface area contributed by atoms with E-state index in [1.165, 1.54) is 32.7 Å². The van der Waals surface area contributed by atoms with Gasteiger partial charge in [0.1, 0.15) is 5.75 Å². The molecule has 0 aliphatic heterocycles. The molecule has 1 N–H and O–H groups in total. The van der Waals surface area contributed by atoms with Crippen LogP contribution in [0.4, 0.5) is 18.9 Å². The predicted molar refractivity (Wildman–Crippen MR) is 100.0 cm³/mol. The fraction of sp³-hybridized carbons (Fsp3) is 0.316. The molecule has 0 radical (unpaired) electrons. The normalized spacial score (nSPS) is 12.7. The lowest BCUT2D eigenvalue weighted by Gasteiger charge is -2.16. The molecule has 1 atom stereocenters. The van der Waals surface area contributed by atoms with Crippen molar-refractivity contribution < 1.29 is 27.4 Å². The van der Waals surface area contributed by atoms with Crippen LogP contribution in [0.5, 0.6) is 11.6 Å². The van der Waals surface area contributed by atoms with Crippen molar-refractivity contribution in [2.75, 3.05) is 12.4 Å². The molecule has 2 aromatic heterocycles.